The van der Waals surface area contributed by atoms with Crippen LogP contribution in [-0.4, -0.2) is 41.4 Å². The molecule has 2 heterocycles. The number of nitrogens with zero attached hydrogens (tertiary/aromatic N) is 2. The first kappa shape index (κ1) is 15.5. The number of ketones is 1. The number of halogens is 1. The second kappa shape index (κ2) is 6.70. The number of rotatable bonds is 6. The van der Waals surface area contributed by atoms with Crippen LogP contribution >= 0.6 is 11.6 Å². The summed E-state index contributed by atoms with van der Waals surface area (Å²) in [7, 11) is 1.83. The van der Waals surface area contributed by atoms with E-state index in [1.807, 2.05) is 20.9 Å². The van der Waals surface area contributed by atoms with E-state index in [4.69, 9.17) is 16.3 Å². The Balaban J connectivity index is 2.10. The molecule has 2 rings (SSSR count). The Kier molecular flexibility index (Phi) is 5.18. The predicted molar refractivity (Wildman–Crippen MR) is 78.1 cm³/mol. The van der Waals surface area contributed by atoms with Gasteiger partial charge in [-0.2, -0.15) is 5.10 Å². The Labute approximate surface area is 124 Å². The standard InChI is InChI=1S/C14H22ClN3O2/c1-4-10-14(15)12(18(3)17-10)6-13(19)9-7-20-8-11(9)16-5-2/h9,11,16H,4-8H2,1-3H3. The molecule has 2 atom stereocenters. The van der Waals surface area contributed by atoms with E-state index >= 15 is 0 Å². The normalized spacial score (nSPS) is 22.4. The van der Waals surface area contributed by atoms with Gasteiger partial charge in [-0.25, -0.2) is 0 Å². The fourth-order valence-corrected chi connectivity index (χ4v) is 3.00. The summed E-state index contributed by atoms with van der Waals surface area (Å²) in [5.74, 6) is 0.0759. The molecular formula is C14H22ClN3O2. The molecule has 5 nitrogen and oxygen atoms in total. The monoisotopic (exact) mass is 299 g/mol. The summed E-state index contributed by atoms with van der Waals surface area (Å²) < 4.78 is 7.15. The van der Waals surface area contributed by atoms with E-state index in [0.29, 0.717) is 24.7 Å². The Morgan fingerprint density at radius 1 is 1.50 bits per heavy atom. The summed E-state index contributed by atoms with van der Waals surface area (Å²) in [6.45, 7) is 5.97. The predicted octanol–water partition coefficient (Wildman–Crippen LogP) is 1.37. The van der Waals surface area contributed by atoms with Gasteiger partial charge in [0.1, 0.15) is 5.78 Å². The molecule has 0 radical (unpaired) electrons. The van der Waals surface area contributed by atoms with Crippen molar-refractivity contribution in [1.82, 2.24) is 15.1 Å². The van der Waals surface area contributed by atoms with Crippen molar-refractivity contribution in [2.24, 2.45) is 13.0 Å². The molecule has 1 N–H and O–H groups in total. The minimum atomic E-state index is -0.0917. The van der Waals surface area contributed by atoms with Crippen molar-refractivity contribution in [2.75, 3.05) is 19.8 Å². The highest BCUT2D eigenvalue weighted by Crippen LogP contribution is 2.24. The quantitative estimate of drug-likeness (QED) is 0.862. The highest BCUT2D eigenvalue weighted by molar-refractivity contribution is 6.32. The lowest BCUT2D eigenvalue weighted by molar-refractivity contribution is -0.122. The van der Waals surface area contributed by atoms with Crippen LogP contribution in [0.1, 0.15) is 25.2 Å². The molecule has 0 bridgehead atoms. The molecule has 1 saturated heterocycles. The molecule has 6 heteroatoms. The minimum absolute atomic E-state index is 0.0917. The minimum Gasteiger partial charge on any atom is -0.379 e. The Hall–Kier alpha value is -0.910. The third-order valence-corrected chi connectivity index (χ3v) is 4.24. The summed E-state index contributed by atoms with van der Waals surface area (Å²) >= 11 is 6.30. The van der Waals surface area contributed by atoms with Crippen LogP contribution in [-0.2, 0) is 29.4 Å². The Bertz CT molecular complexity index is 487. The molecule has 1 aromatic heterocycles. The third kappa shape index (κ3) is 3.05. The van der Waals surface area contributed by atoms with Crippen molar-refractivity contribution < 1.29 is 9.53 Å². The van der Waals surface area contributed by atoms with Gasteiger partial charge in [0, 0.05) is 13.1 Å². The fourth-order valence-electron chi connectivity index (χ4n) is 2.64. The first-order valence-corrected chi connectivity index (χ1v) is 7.50. The summed E-state index contributed by atoms with van der Waals surface area (Å²) in [6, 6.07) is 0.116. The SMILES string of the molecule is CCNC1COCC1C(=O)Cc1c(Cl)c(CC)nn1C. The molecule has 2 unspecified atom stereocenters. The van der Waals surface area contributed by atoms with Crippen molar-refractivity contribution in [3.05, 3.63) is 16.4 Å². The number of aromatic nitrogens is 2. The maximum atomic E-state index is 12.5. The highest BCUT2D eigenvalue weighted by Gasteiger charge is 2.34. The zero-order valence-corrected chi connectivity index (χ0v) is 13.0. The number of nitrogens with one attached hydrogen (secondary N) is 1. The van der Waals surface area contributed by atoms with Gasteiger partial charge in [0.2, 0.25) is 0 Å². The van der Waals surface area contributed by atoms with Gasteiger partial charge in [0.25, 0.3) is 0 Å². The molecule has 112 valence electrons. The van der Waals surface area contributed by atoms with E-state index in [9.17, 15) is 4.79 Å². The average molecular weight is 300 g/mol. The molecule has 1 fully saturated rings. The zero-order chi connectivity index (χ0) is 14.7. The second-order valence-electron chi connectivity index (χ2n) is 5.14. The number of ether oxygens (including phenoxy) is 1. The summed E-state index contributed by atoms with van der Waals surface area (Å²) in [4.78, 5) is 12.5. The lowest BCUT2D eigenvalue weighted by Crippen LogP contribution is -2.39. The number of Topliss-reactive ketones (excluding diaryl/α,β-unsaturated/α-hetero) is 1. The Morgan fingerprint density at radius 2 is 2.25 bits per heavy atom. The smallest absolute Gasteiger partial charge is 0.145 e. The van der Waals surface area contributed by atoms with E-state index in [1.165, 1.54) is 0 Å². The van der Waals surface area contributed by atoms with Gasteiger partial charge in [0.05, 0.1) is 42.0 Å². The first-order chi connectivity index (χ1) is 9.58. The number of hydrogen-bond donors (Lipinski definition) is 1. The molecule has 0 spiro atoms. The van der Waals surface area contributed by atoms with E-state index in [-0.39, 0.29) is 17.7 Å². The lowest BCUT2D eigenvalue weighted by atomic mass is 9.95. The molecular weight excluding hydrogens is 278 g/mol. The van der Waals surface area contributed by atoms with Crippen LogP contribution < -0.4 is 5.32 Å². The summed E-state index contributed by atoms with van der Waals surface area (Å²) in [5.41, 5.74) is 1.65. The number of likely N-dealkylation sites (N-methyl/N-ethyl adjacent to an activating group) is 1. The highest BCUT2D eigenvalue weighted by atomic mass is 35.5. The van der Waals surface area contributed by atoms with Crippen LogP contribution in [0.25, 0.3) is 0 Å². The first-order valence-electron chi connectivity index (χ1n) is 7.12. The van der Waals surface area contributed by atoms with Gasteiger partial charge >= 0.3 is 0 Å². The van der Waals surface area contributed by atoms with Crippen LogP contribution in [0.15, 0.2) is 0 Å². The molecule has 0 saturated carbocycles. The molecule has 1 aliphatic heterocycles. The molecule has 1 aromatic rings. The van der Waals surface area contributed by atoms with E-state index in [0.717, 1.165) is 24.4 Å². The second-order valence-corrected chi connectivity index (χ2v) is 5.51. The average Bonchev–Trinajstić information content (AvgIpc) is 2.98. The zero-order valence-electron chi connectivity index (χ0n) is 12.3. The van der Waals surface area contributed by atoms with Crippen LogP contribution in [0.3, 0.4) is 0 Å². The van der Waals surface area contributed by atoms with E-state index in [2.05, 4.69) is 10.4 Å². The van der Waals surface area contributed by atoms with Crippen molar-refractivity contribution in [2.45, 2.75) is 32.7 Å². The lowest BCUT2D eigenvalue weighted by Gasteiger charge is -2.17. The third-order valence-electron chi connectivity index (χ3n) is 3.81. The van der Waals surface area contributed by atoms with Crippen molar-refractivity contribution in [1.29, 1.82) is 0 Å². The van der Waals surface area contributed by atoms with Crippen LogP contribution in [0.2, 0.25) is 5.02 Å². The summed E-state index contributed by atoms with van der Waals surface area (Å²) in [5, 5.41) is 8.28. The van der Waals surface area contributed by atoms with Crippen LogP contribution in [0.5, 0.6) is 0 Å². The molecule has 20 heavy (non-hydrogen) atoms. The number of carbonyl (C=O) groups excluding carboxylic acids is 1. The van der Waals surface area contributed by atoms with Gasteiger partial charge in [-0.05, 0) is 13.0 Å². The topological polar surface area (TPSA) is 56.1 Å². The van der Waals surface area contributed by atoms with E-state index in [1.54, 1.807) is 4.68 Å². The largest absolute Gasteiger partial charge is 0.379 e. The van der Waals surface area contributed by atoms with Crippen LogP contribution in [0, 0.1) is 5.92 Å². The van der Waals surface area contributed by atoms with Crippen molar-refractivity contribution in [3.63, 3.8) is 0 Å². The van der Waals surface area contributed by atoms with Gasteiger partial charge in [-0.3, -0.25) is 9.48 Å². The van der Waals surface area contributed by atoms with Crippen molar-refractivity contribution >= 4 is 17.4 Å². The van der Waals surface area contributed by atoms with Gasteiger partial charge in [-0.15, -0.1) is 0 Å². The maximum Gasteiger partial charge on any atom is 0.145 e. The molecule has 0 aromatic carbocycles. The number of aryl methyl sites for hydroxylation is 2. The molecule has 0 aliphatic carbocycles. The van der Waals surface area contributed by atoms with Gasteiger partial charge < -0.3 is 10.1 Å². The summed E-state index contributed by atoms with van der Waals surface area (Å²) in [6.07, 6.45) is 1.09. The molecule has 0 amide bonds. The van der Waals surface area contributed by atoms with Gasteiger partial charge in [0.15, 0.2) is 0 Å². The number of carbonyl (C=O) groups is 1. The van der Waals surface area contributed by atoms with Gasteiger partial charge in [-0.1, -0.05) is 25.4 Å². The fraction of sp³-hybridized carbons (Fsp3) is 0.714. The van der Waals surface area contributed by atoms with Crippen LogP contribution in [0.4, 0.5) is 0 Å². The molecule has 1 aliphatic rings. The number of hydrogen-bond acceptors (Lipinski definition) is 4. The van der Waals surface area contributed by atoms with Crippen molar-refractivity contribution in [3.8, 4) is 0 Å². The van der Waals surface area contributed by atoms with E-state index < -0.39 is 0 Å². The maximum absolute atomic E-state index is 12.5. The Morgan fingerprint density at radius 3 is 2.85 bits per heavy atom.